The van der Waals surface area contributed by atoms with Gasteiger partial charge in [0.1, 0.15) is 11.5 Å². The van der Waals surface area contributed by atoms with Crippen LogP contribution in [0.3, 0.4) is 0 Å². The van der Waals surface area contributed by atoms with Crippen LogP contribution in [0, 0.1) is 13.8 Å². The fraction of sp³-hybridized carbons (Fsp3) is 0.0870. The molecular weight excluding hydrogens is 400 g/mol. The van der Waals surface area contributed by atoms with E-state index in [-0.39, 0.29) is 11.5 Å². The Morgan fingerprint density at radius 3 is 2.70 bits per heavy atom. The van der Waals surface area contributed by atoms with Crippen molar-refractivity contribution in [1.29, 1.82) is 0 Å². The Kier molecular flexibility index (Phi) is 5.29. The number of nitrogens with zero attached hydrogens (tertiary/aromatic N) is 1. The number of aliphatic imine (C=N–C) groups is 1. The molecule has 150 valence electrons. The SMILES string of the molecule is Cc1ccc(N=C2NC(=O)/C(=C/c3ccc(-c4cccc(C(=O)O)c4)o3)S2)cc1C. The molecule has 1 amide bonds. The lowest BCUT2D eigenvalue weighted by molar-refractivity contribution is -0.115. The summed E-state index contributed by atoms with van der Waals surface area (Å²) in [5.74, 6) is -0.220. The van der Waals surface area contributed by atoms with Crippen molar-refractivity contribution >= 4 is 40.6 Å². The summed E-state index contributed by atoms with van der Waals surface area (Å²) in [6.07, 6.45) is 1.65. The minimum atomic E-state index is -1.000. The predicted molar refractivity (Wildman–Crippen MR) is 118 cm³/mol. The Morgan fingerprint density at radius 2 is 1.93 bits per heavy atom. The number of hydrogen-bond acceptors (Lipinski definition) is 5. The van der Waals surface area contributed by atoms with Gasteiger partial charge >= 0.3 is 5.97 Å². The molecule has 0 bridgehead atoms. The zero-order chi connectivity index (χ0) is 21.3. The van der Waals surface area contributed by atoms with E-state index in [1.54, 1.807) is 36.4 Å². The van der Waals surface area contributed by atoms with Crippen molar-refractivity contribution in [3.8, 4) is 11.3 Å². The molecule has 2 N–H and O–H groups in total. The average Bonchev–Trinajstić information content (AvgIpc) is 3.32. The maximum Gasteiger partial charge on any atom is 0.335 e. The summed E-state index contributed by atoms with van der Waals surface area (Å²) in [7, 11) is 0. The fourth-order valence-corrected chi connectivity index (χ4v) is 3.74. The Labute approximate surface area is 177 Å². The first-order valence-electron chi connectivity index (χ1n) is 9.19. The molecular formula is C23H18N2O4S. The molecule has 0 unspecified atom stereocenters. The van der Waals surface area contributed by atoms with Gasteiger partial charge in [-0.2, -0.15) is 0 Å². The van der Waals surface area contributed by atoms with Crippen molar-refractivity contribution in [2.24, 2.45) is 4.99 Å². The standard InChI is InChI=1S/C23H18N2O4S/c1-13-6-7-17(10-14(13)2)24-23-25-21(26)20(30-23)12-18-8-9-19(29-18)15-4-3-5-16(11-15)22(27)28/h3-12H,1-2H3,(H,27,28)(H,24,25,26)/b20-12-. The van der Waals surface area contributed by atoms with Crippen molar-refractivity contribution in [2.45, 2.75) is 13.8 Å². The van der Waals surface area contributed by atoms with E-state index in [1.165, 1.54) is 23.4 Å². The van der Waals surface area contributed by atoms with Crippen LogP contribution in [0.2, 0.25) is 0 Å². The van der Waals surface area contributed by atoms with E-state index in [0.29, 0.717) is 27.2 Å². The van der Waals surface area contributed by atoms with Gasteiger partial charge in [-0.25, -0.2) is 9.79 Å². The first-order chi connectivity index (χ1) is 14.4. The van der Waals surface area contributed by atoms with Gasteiger partial charge in [-0.15, -0.1) is 0 Å². The van der Waals surface area contributed by atoms with Gasteiger partial charge in [0.25, 0.3) is 5.91 Å². The number of amides is 1. The molecule has 3 aromatic rings. The highest BCUT2D eigenvalue weighted by molar-refractivity contribution is 8.18. The molecule has 30 heavy (non-hydrogen) atoms. The van der Waals surface area contributed by atoms with E-state index < -0.39 is 5.97 Å². The van der Waals surface area contributed by atoms with Gasteiger partial charge in [-0.1, -0.05) is 18.2 Å². The van der Waals surface area contributed by atoms with Crippen LogP contribution in [0.15, 0.2) is 68.9 Å². The van der Waals surface area contributed by atoms with Gasteiger partial charge in [-0.3, -0.25) is 4.79 Å². The van der Waals surface area contributed by atoms with Crippen LogP contribution in [0.4, 0.5) is 5.69 Å². The van der Waals surface area contributed by atoms with Crippen LogP contribution in [-0.4, -0.2) is 22.2 Å². The normalized spacial score (nSPS) is 16.3. The number of amidine groups is 1. The molecule has 7 heteroatoms. The van der Waals surface area contributed by atoms with Gasteiger partial charge in [-0.05, 0) is 73.1 Å². The number of carbonyl (C=O) groups excluding carboxylic acids is 1. The molecule has 0 aliphatic carbocycles. The molecule has 1 saturated heterocycles. The van der Waals surface area contributed by atoms with Gasteiger partial charge < -0.3 is 14.8 Å². The molecule has 4 rings (SSSR count). The molecule has 2 aromatic carbocycles. The van der Waals surface area contributed by atoms with Crippen LogP contribution in [0.5, 0.6) is 0 Å². The first kappa shape index (κ1) is 19.7. The smallest absolute Gasteiger partial charge is 0.335 e. The Morgan fingerprint density at radius 1 is 1.10 bits per heavy atom. The highest BCUT2D eigenvalue weighted by Gasteiger charge is 2.24. The molecule has 0 atom stereocenters. The lowest BCUT2D eigenvalue weighted by Crippen LogP contribution is -2.19. The van der Waals surface area contributed by atoms with Crippen molar-refractivity contribution in [2.75, 3.05) is 0 Å². The molecule has 0 saturated carbocycles. The molecule has 1 aliphatic heterocycles. The third-order valence-electron chi connectivity index (χ3n) is 4.67. The fourth-order valence-electron chi connectivity index (χ4n) is 2.91. The third kappa shape index (κ3) is 4.21. The van der Waals surface area contributed by atoms with Gasteiger partial charge in [0.05, 0.1) is 16.2 Å². The van der Waals surface area contributed by atoms with Crippen LogP contribution in [0.1, 0.15) is 27.2 Å². The minimum Gasteiger partial charge on any atom is -0.478 e. The number of aryl methyl sites for hydroxylation is 2. The number of carbonyl (C=O) groups is 2. The Hall–Kier alpha value is -3.58. The third-order valence-corrected chi connectivity index (χ3v) is 5.58. The van der Waals surface area contributed by atoms with E-state index in [0.717, 1.165) is 11.3 Å². The Bertz CT molecular complexity index is 1220. The summed E-state index contributed by atoms with van der Waals surface area (Å²) >= 11 is 1.24. The largest absolute Gasteiger partial charge is 0.478 e. The number of thioether (sulfide) groups is 1. The summed E-state index contributed by atoms with van der Waals surface area (Å²) in [4.78, 5) is 28.4. The number of benzene rings is 2. The monoisotopic (exact) mass is 418 g/mol. The molecule has 1 fully saturated rings. The minimum absolute atomic E-state index is 0.182. The van der Waals surface area contributed by atoms with Crippen LogP contribution in [-0.2, 0) is 4.79 Å². The molecule has 2 heterocycles. The summed E-state index contributed by atoms with van der Waals surface area (Å²) in [6, 6.07) is 15.9. The molecule has 1 aliphatic rings. The number of aromatic carboxylic acids is 1. The lowest BCUT2D eigenvalue weighted by atomic mass is 10.1. The number of carboxylic acids is 1. The van der Waals surface area contributed by atoms with Crippen molar-refractivity contribution in [1.82, 2.24) is 5.32 Å². The van der Waals surface area contributed by atoms with Crippen LogP contribution < -0.4 is 5.32 Å². The number of nitrogens with one attached hydrogen (secondary N) is 1. The summed E-state index contributed by atoms with van der Waals surface area (Å²) in [5.41, 5.74) is 3.93. The van der Waals surface area contributed by atoms with E-state index in [1.807, 2.05) is 32.0 Å². The summed E-state index contributed by atoms with van der Waals surface area (Å²) in [6.45, 7) is 4.06. The molecule has 0 spiro atoms. The number of hydrogen-bond donors (Lipinski definition) is 2. The van der Waals surface area contributed by atoms with E-state index in [9.17, 15) is 9.59 Å². The average molecular weight is 418 g/mol. The highest BCUT2D eigenvalue weighted by Crippen LogP contribution is 2.30. The Balaban J connectivity index is 1.55. The van der Waals surface area contributed by atoms with Gasteiger partial charge in [0.15, 0.2) is 5.17 Å². The maximum absolute atomic E-state index is 12.3. The molecule has 1 aromatic heterocycles. The van der Waals surface area contributed by atoms with Gasteiger partial charge in [0.2, 0.25) is 0 Å². The van der Waals surface area contributed by atoms with Crippen LogP contribution >= 0.6 is 11.8 Å². The maximum atomic E-state index is 12.3. The van der Waals surface area contributed by atoms with E-state index in [4.69, 9.17) is 9.52 Å². The zero-order valence-corrected chi connectivity index (χ0v) is 17.1. The van der Waals surface area contributed by atoms with Crippen LogP contribution in [0.25, 0.3) is 17.4 Å². The molecule has 6 nitrogen and oxygen atoms in total. The first-order valence-corrected chi connectivity index (χ1v) is 10.0. The second-order valence-corrected chi connectivity index (χ2v) is 7.87. The number of furan rings is 1. The summed E-state index contributed by atoms with van der Waals surface area (Å²) < 4.78 is 5.79. The quantitative estimate of drug-likeness (QED) is 0.572. The zero-order valence-electron chi connectivity index (χ0n) is 16.3. The second kappa shape index (κ2) is 8.04. The highest BCUT2D eigenvalue weighted by atomic mass is 32.2. The van der Waals surface area contributed by atoms with E-state index >= 15 is 0 Å². The van der Waals surface area contributed by atoms with Crippen molar-refractivity contribution in [3.63, 3.8) is 0 Å². The van der Waals surface area contributed by atoms with Crippen molar-refractivity contribution < 1.29 is 19.1 Å². The number of rotatable bonds is 4. The van der Waals surface area contributed by atoms with Crippen molar-refractivity contribution in [3.05, 3.63) is 82.0 Å². The molecule has 0 radical (unpaired) electrons. The topological polar surface area (TPSA) is 91.9 Å². The predicted octanol–water partition coefficient (Wildman–Crippen LogP) is 5.15. The number of carboxylic acid groups (broad SMARTS) is 1. The van der Waals surface area contributed by atoms with Gasteiger partial charge in [0, 0.05) is 11.6 Å². The second-order valence-electron chi connectivity index (χ2n) is 6.84. The summed E-state index contributed by atoms with van der Waals surface area (Å²) in [5, 5.41) is 12.4. The van der Waals surface area contributed by atoms with E-state index in [2.05, 4.69) is 10.3 Å². The lowest BCUT2D eigenvalue weighted by Gasteiger charge is -2.01.